The van der Waals surface area contributed by atoms with Crippen molar-refractivity contribution in [2.75, 3.05) is 0 Å². The van der Waals surface area contributed by atoms with Crippen molar-refractivity contribution in [3.63, 3.8) is 0 Å². The van der Waals surface area contributed by atoms with Crippen LogP contribution in [0.3, 0.4) is 0 Å². The van der Waals surface area contributed by atoms with E-state index in [1.165, 1.54) is 0 Å². The van der Waals surface area contributed by atoms with E-state index in [-0.39, 0.29) is 11.0 Å². The van der Waals surface area contributed by atoms with Gasteiger partial charge in [0.25, 0.3) is 0 Å². The van der Waals surface area contributed by atoms with Gasteiger partial charge < -0.3 is 9.73 Å². The zero-order valence-corrected chi connectivity index (χ0v) is 10.6. The first-order valence-electron chi connectivity index (χ1n) is 5.38. The van der Waals surface area contributed by atoms with Crippen LogP contribution in [0.5, 0.6) is 0 Å². The number of hydrogen-bond donors (Lipinski definition) is 1. The summed E-state index contributed by atoms with van der Waals surface area (Å²) in [5.41, 5.74) is 1.16. The van der Waals surface area contributed by atoms with E-state index in [4.69, 9.17) is 4.42 Å². The second-order valence-corrected chi connectivity index (χ2v) is 5.98. The van der Waals surface area contributed by atoms with Gasteiger partial charge in [0.15, 0.2) is 0 Å². The van der Waals surface area contributed by atoms with E-state index < -0.39 is 0 Å². The number of oxazole rings is 1. The van der Waals surface area contributed by atoms with Gasteiger partial charge in [-0.25, -0.2) is 4.98 Å². The van der Waals surface area contributed by atoms with Crippen LogP contribution in [0.1, 0.15) is 53.1 Å². The Bertz CT molecular complexity index is 315. The molecule has 1 aromatic rings. The third-order valence-electron chi connectivity index (χ3n) is 2.09. The van der Waals surface area contributed by atoms with Crippen molar-refractivity contribution >= 4 is 0 Å². The largest absolute Gasteiger partial charge is 0.447 e. The summed E-state index contributed by atoms with van der Waals surface area (Å²) in [6.45, 7) is 13.4. The maximum absolute atomic E-state index is 5.41. The van der Waals surface area contributed by atoms with Crippen molar-refractivity contribution in [2.45, 2.75) is 59.0 Å². The number of rotatable bonds is 2. The molecule has 0 atom stereocenters. The predicted molar refractivity (Wildman–Crippen MR) is 61.8 cm³/mol. The smallest absolute Gasteiger partial charge is 0.208 e. The van der Waals surface area contributed by atoms with Crippen LogP contribution in [0.2, 0.25) is 0 Å². The number of nitrogens with zero attached hydrogens (tertiary/aromatic N) is 1. The van der Waals surface area contributed by atoms with Crippen molar-refractivity contribution in [3.8, 4) is 0 Å². The summed E-state index contributed by atoms with van der Waals surface area (Å²) in [5, 5.41) is 3.35. The van der Waals surface area contributed by atoms with E-state index in [0.717, 1.165) is 11.6 Å². The highest BCUT2D eigenvalue weighted by molar-refractivity contribution is 5.08. The molecule has 3 nitrogen and oxygen atoms in total. The minimum Gasteiger partial charge on any atom is -0.447 e. The van der Waals surface area contributed by atoms with Crippen LogP contribution < -0.4 is 5.32 Å². The number of aromatic nitrogens is 1. The van der Waals surface area contributed by atoms with E-state index in [1.807, 2.05) is 0 Å². The fourth-order valence-electron chi connectivity index (χ4n) is 1.08. The average Bonchev–Trinajstić information content (AvgIpc) is 2.45. The molecule has 86 valence electrons. The molecule has 0 aromatic carbocycles. The molecule has 3 heteroatoms. The van der Waals surface area contributed by atoms with Gasteiger partial charge in [0.1, 0.15) is 6.26 Å². The van der Waals surface area contributed by atoms with Gasteiger partial charge in [0.2, 0.25) is 5.89 Å². The van der Waals surface area contributed by atoms with Gasteiger partial charge in [-0.15, -0.1) is 0 Å². The molecule has 0 aliphatic carbocycles. The first kappa shape index (κ1) is 12.2. The summed E-state index contributed by atoms with van der Waals surface area (Å²) in [7, 11) is 0. The third-order valence-corrected chi connectivity index (χ3v) is 2.09. The van der Waals surface area contributed by atoms with Crippen LogP contribution in [0.25, 0.3) is 0 Å². The lowest BCUT2D eigenvalue weighted by atomic mass is 9.93. The highest BCUT2D eigenvalue weighted by Crippen LogP contribution is 2.21. The van der Waals surface area contributed by atoms with Gasteiger partial charge in [0.05, 0.1) is 12.2 Å². The standard InChI is InChI=1S/C12H22N2O/c1-11(2,3)9-8-15-10(14-9)7-13-12(4,5)6/h8,13H,7H2,1-6H3. The fraction of sp³-hybridized carbons (Fsp3) is 0.750. The summed E-state index contributed by atoms with van der Waals surface area (Å²) in [5.74, 6) is 0.759. The lowest BCUT2D eigenvalue weighted by Crippen LogP contribution is -2.35. The molecule has 0 aliphatic heterocycles. The van der Waals surface area contributed by atoms with Crippen LogP contribution in [0.15, 0.2) is 10.7 Å². The Morgan fingerprint density at radius 3 is 2.20 bits per heavy atom. The summed E-state index contributed by atoms with van der Waals surface area (Å²) in [4.78, 5) is 4.46. The van der Waals surface area contributed by atoms with Crippen molar-refractivity contribution in [1.82, 2.24) is 10.3 Å². The van der Waals surface area contributed by atoms with E-state index in [9.17, 15) is 0 Å². The molecule has 0 amide bonds. The maximum Gasteiger partial charge on any atom is 0.208 e. The Balaban J connectivity index is 2.62. The first-order valence-corrected chi connectivity index (χ1v) is 5.38. The SMILES string of the molecule is CC(C)(C)NCc1nc(C(C)(C)C)co1. The molecular weight excluding hydrogens is 188 g/mol. The van der Waals surface area contributed by atoms with Crippen LogP contribution in [-0.2, 0) is 12.0 Å². The maximum atomic E-state index is 5.41. The van der Waals surface area contributed by atoms with Gasteiger partial charge in [0, 0.05) is 11.0 Å². The minimum absolute atomic E-state index is 0.0590. The van der Waals surface area contributed by atoms with Crippen LogP contribution in [-0.4, -0.2) is 10.5 Å². The van der Waals surface area contributed by atoms with Crippen LogP contribution in [0.4, 0.5) is 0 Å². The molecule has 0 unspecified atom stereocenters. The summed E-state index contributed by atoms with van der Waals surface area (Å²) in [6.07, 6.45) is 1.75. The molecule has 1 N–H and O–H groups in total. The van der Waals surface area contributed by atoms with Crippen LogP contribution in [0, 0.1) is 0 Å². The lowest BCUT2D eigenvalue weighted by molar-refractivity contribution is 0.381. The zero-order valence-electron chi connectivity index (χ0n) is 10.6. The highest BCUT2D eigenvalue weighted by Gasteiger charge is 2.19. The topological polar surface area (TPSA) is 38.1 Å². The van der Waals surface area contributed by atoms with Crippen molar-refractivity contribution in [1.29, 1.82) is 0 Å². The number of hydrogen-bond acceptors (Lipinski definition) is 3. The Morgan fingerprint density at radius 1 is 1.20 bits per heavy atom. The van der Waals surface area contributed by atoms with E-state index in [2.05, 4.69) is 51.8 Å². The van der Waals surface area contributed by atoms with E-state index in [1.54, 1.807) is 6.26 Å². The molecule has 0 aliphatic rings. The zero-order chi connectivity index (χ0) is 11.7. The van der Waals surface area contributed by atoms with Crippen molar-refractivity contribution in [2.24, 2.45) is 0 Å². The Morgan fingerprint density at radius 2 is 1.80 bits per heavy atom. The molecule has 15 heavy (non-hydrogen) atoms. The molecule has 1 heterocycles. The normalized spacial score (nSPS) is 13.2. The molecule has 1 aromatic heterocycles. The molecule has 0 spiro atoms. The summed E-state index contributed by atoms with van der Waals surface area (Å²) >= 11 is 0. The second kappa shape index (κ2) is 3.97. The van der Waals surface area contributed by atoms with Gasteiger partial charge in [-0.1, -0.05) is 20.8 Å². The quantitative estimate of drug-likeness (QED) is 0.815. The second-order valence-electron chi connectivity index (χ2n) is 5.98. The first-order chi connectivity index (χ1) is 6.68. The molecule has 0 saturated heterocycles. The predicted octanol–water partition coefficient (Wildman–Crippen LogP) is 2.86. The fourth-order valence-corrected chi connectivity index (χ4v) is 1.08. The van der Waals surface area contributed by atoms with Crippen molar-refractivity contribution in [3.05, 3.63) is 17.8 Å². The summed E-state index contributed by atoms with van der Waals surface area (Å²) in [6, 6.07) is 0. The third kappa shape index (κ3) is 4.04. The van der Waals surface area contributed by atoms with Gasteiger partial charge in [-0.05, 0) is 20.8 Å². The number of nitrogens with one attached hydrogen (secondary N) is 1. The molecule has 0 saturated carbocycles. The Hall–Kier alpha value is -0.830. The molecular formula is C12H22N2O. The highest BCUT2D eigenvalue weighted by atomic mass is 16.3. The minimum atomic E-state index is 0.0590. The lowest BCUT2D eigenvalue weighted by Gasteiger charge is -2.19. The Kier molecular flexibility index (Phi) is 3.24. The summed E-state index contributed by atoms with van der Waals surface area (Å²) < 4.78 is 5.41. The molecule has 0 fully saturated rings. The average molecular weight is 210 g/mol. The van der Waals surface area contributed by atoms with Gasteiger partial charge in [-0.2, -0.15) is 0 Å². The van der Waals surface area contributed by atoms with E-state index in [0.29, 0.717) is 6.54 Å². The Labute approximate surface area is 92.3 Å². The van der Waals surface area contributed by atoms with Crippen molar-refractivity contribution < 1.29 is 4.42 Å². The van der Waals surface area contributed by atoms with Gasteiger partial charge >= 0.3 is 0 Å². The monoisotopic (exact) mass is 210 g/mol. The van der Waals surface area contributed by atoms with E-state index >= 15 is 0 Å². The molecule has 0 bridgehead atoms. The molecule has 1 rings (SSSR count). The molecule has 0 radical (unpaired) electrons. The van der Waals surface area contributed by atoms with Gasteiger partial charge in [-0.3, -0.25) is 0 Å². The van der Waals surface area contributed by atoms with Crippen LogP contribution >= 0.6 is 0 Å².